The summed E-state index contributed by atoms with van der Waals surface area (Å²) in [4.78, 5) is 24.8. The van der Waals surface area contributed by atoms with Crippen LogP contribution in [0.25, 0.3) is 0 Å². The van der Waals surface area contributed by atoms with E-state index in [4.69, 9.17) is 5.73 Å². The predicted molar refractivity (Wildman–Crippen MR) is 66.2 cm³/mol. The maximum absolute atomic E-state index is 12.1. The van der Waals surface area contributed by atoms with Crippen molar-refractivity contribution in [3.8, 4) is 0 Å². The summed E-state index contributed by atoms with van der Waals surface area (Å²) in [5.41, 5.74) is 5.93. The molecule has 2 amide bonds. The van der Waals surface area contributed by atoms with Crippen molar-refractivity contribution in [2.24, 2.45) is 17.6 Å². The number of nitrogens with zero attached hydrogens (tertiary/aromatic N) is 1. The van der Waals surface area contributed by atoms with E-state index < -0.39 is 0 Å². The van der Waals surface area contributed by atoms with E-state index in [9.17, 15) is 9.59 Å². The number of nitrogens with one attached hydrogen (secondary N) is 1. The van der Waals surface area contributed by atoms with Crippen LogP contribution < -0.4 is 11.1 Å². The Bertz CT molecular complexity index is 293. The molecule has 0 radical (unpaired) electrons. The van der Waals surface area contributed by atoms with E-state index in [0.717, 1.165) is 19.3 Å². The fraction of sp³-hybridized carbons (Fsp3) is 0.833. The number of rotatable bonds is 3. The van der Waals surface area contributed by atoms with Gasteiger partial charge in [0.05, 0.1) is 6.54 Å². The Hall–Kier alpha value is -1.10. The number of nitrogens with two attached hydrogens (primary N) is 1. The smallest absolute Gasteiger partial charge is 0.239 e. The molecular formula is C12H23N3O2. The van der Waals surface area contributed by atoms with Crippen molar-refractivity contribution in [2.45, 2.75) is 32.2 Å². The number of hydrogen-bond donors (Lipinski definition) is 2. The fourth-order valence-electron chi connectivity index (χ4n) is 2.33. The first-order chi connectivity index (χ1) is 7.95. The molecule has 0 aromatic carbocycles. The van der Waals surface area contributed by atoms with Crippen molar-refractivity contribution in [3.63, 3.8) is 0 Å². The van der Waals surface area contributed by atoms with Gasteiger partial charge in [0, 0.05) is 26.1 Å². The topological polar surface area (TPSA) is 75.4 Å². The van der Waals surface area contributed by atoms with Gasteiger partial charge in [-0.1, -0.05) is 6.92 Å². The molecule has 3 N–H and O–H groups in total. The van der Waals surface area contributed by atoms with E-state index in [1.165, 1.54) is 4.90 Å². The van der Waals surface area contributed by atoms with Gasteiger partial charge in [0.15, 0.2) is 0 Å². The molecule has 1 rings (SSSR count). The van der Waals surface area contributed by atoms with Crippen LogP contribution in [0.3, 0.4) is 0 Å². The van der Waals surface area contributed by atoms with E-state index >= 15 is 0 Å². The lowest BCUT2D eigenvalue weighted by molar-refractivity contribution is -0.139. The van der Waals surface area contributed by atoms with Gasteiger partial charge >= 0.3 is 0 Å². The van der Waals surface area contributed by atoms with Crippen LogP contribution in [0.5, 0.6) is 0 Å². The van der Waals surface area contributed by atoms with Crippen molar-refractivity contribution in [1.82, 2.24) is 10.2 Å². The molecule has 0 aromatic heterocycles. The lowest BCUT2D eigenvalue weighted by Crippen LogP contribution is -2.44. The molecule has 0 saturated heterocycles. The number of amides is 2. The van der Waals surface area contributed by atoms with Crippen LogP contribution in [0.1, 0.15) is 26.2 Å². The molecule has 1 fully saturated rings. The highest BCUT2D eigenvalue weighted by molar-refractivity contribution is 5.85. The molecule has 5 nitrogen and oxygen atoms in total. The summed E-state index contributed by atoms with van der Waals surface area (Å²) in [6.45, 7) is 2.22. The van der Waals surface area contributed by atoms with E-state index in [0.29, 0.717) is 5.92 Å². The van der Waals surface area contributed by atoms with Gasteiger partial charge in [-0.05, 0) is 25.2 Å². The molecule has 0 spiro atoms. The minimum atomic E-state index is -0.138. The van der Waals surface area contributed by atoms with Crippen LogP contribution in [-0.2, 0) is 9.59 Å². The average molecular weight is 241 g/mol. The number of hydrogen-bond acceptors (Lipinski definition) is 3. The summed E-state index contributed by atoms with van der Waals surface area (Å²) in [6.07, 6.45) is 2.56. The zero-order chi connectivity index (χ0) is 13.0. The molecule has 1 aliphatic carbocycles. The molecule has 0 aliphatic heterocycles. The Morgan fingerprint density at radius 3 is 2.59 bits per heavy atom. The van der Waals surface area contributed by atoms with Crippen LogP contribution >= 0.6 is 0 Å². The van der Waals surface area contributed by atoms with Crippen LogP contribution in [0, 0.1) is 11.8 Å². The van der Waals surface area contributed by atoms with Gasteiger partial charge in [0.1, 0.15) is 0 Å². The van der Waals surface area contributed by atoms with Crippen molar-refractivity contribution < 1.29 is 9.59 Å². The predicted octanol–water partition coefficient (Wildman–Crippen LogP) is -0.0457. The van der Waals surface area contributed by atoms with Crippen LogP contribution in [0.4, 0.5) is 0 Å². The first kappa shape index (κ1) is 14.0. The largest absolute Gasteiger partial charge is 0.358 e. The summed E-state index contributed by atoms with van der Waals surface area (Å²) in [6, 6.07) is 0.211. The highest BCUT2D eigenvalue weighted by atomic mass is 16.2. The molecule has 98 valence electrons. The molecule has 0 bridgehead atoms. The Balaban J connectivity index is 2.49. The lowest BCUT2D eigenvalue weighted by Gasteiger charge is -2.33. The number of carbonyl (C=O) groups excluding carboxylic acids is 2. The summed E-state index contributed by atoms with van der Waals surface area (Å²) in [5, 5.41) is 2.52. The zero-order valence-electron chi connectivity index (χ0n) is 10.9. The average Bonchev–Trinajstić information content (AvgIpc) is 2.31. The van der Waals surface area contributed by atoms with Gasteiger partial charge in [0.2, 0.25) is 11.8 Å². The highest BCUT2D eigenvalue weighted by Gasteiger charge is 2.31. The number of carbonyl (C=O) groups is 2. The van der Waals surface area contributed by atoms with Gasteiger partial charge in [-0.15, -0.1) is 0 Å². The molecule has 3 atom stereocenters. The third kappa shape index (κ3) is 3.70. The molecule has 3 unspecified atom stereocenters. The third-order valence-electron chi connectivity index (χ3n) is 3.62. The Morgan fingerprint density at radius 1 is 1.41 bits per heavy atom. The van der Waals surface area contributed by atoms with Gasteiger partial charge in [-0.2, -0.15) is 0 Å². The zero-order valence-corrected chi connectivity index (χ0v) is 10.9. The molecule has 1 aliphatic rings. The summed E-state index contributed by atoms with van der Waals surface area (Å²) in [7, 11) is 3.25. The number of likely N-dealkylation sites (N-methyl/N-ethyl adjacent to an activating group) is 2. The van der Waals surface area contributed by atoms with Crippen molar-refractivity contribution in [1.29, 1.82) is 0 Å². The monoisotopic (exact) mass is 241 g/mol. The molecule has 0 aromatic rings. The maximum atomic E-state index is 12.1. The van der Waals surface area contributed by atoms with Gasteiger partial charge in [-0.3, -0.25) is 9.59 Å². The second kappa shape index (κ2) is 6.00. The Labute approximate surface area is 103 Å². The second-order valence-electron chi connectivity index (χ2n) is 5.02. The Morgan fingerprint density at radius 2 is 2.06 bits per heavy atom. The fourth-order valence-corrected chi connectivity index (χ4v) is 2.33. The van der Waals surface area contributed by atoms with Crippen molar-refractivity contribution in [2.75, 3.05) is 20.6 Å². The van der Waals surface area contributed by atoms with Crippen LogP contribution in [0.2, 0.25) is 0 Å². The summed E-state index contributed by atoms with van der Waals surface area (Å²) in [5.74, 6) is 0.333. The summed E-state index contributed by atoms with van der Waals surface area (Å²) >= 11 is 0. The molecule has 0 heterocycles. The van der Waals surface area contributed by atoms with E-state index in [1.807, 2.05) is 0 Å². The standard InChI is InChI=1S/C12H23N3O2/c1-8-6-9(4-5-10(8)13)12(17)15(3)7-11(16)14-2/h8-10H,4-7,13H2,1-3H3,(H,14,16). The minimum absolute atomic E-state index is 0.0273. The molecular weight excluding hydrogens is 218 g/mol. The highest BCUT2D eigenvalue weighted by Crippen LogP contribution is 2.29. The van der Waals surface area contributed by atoms with Crippen molar-refractivity contribution >= 4 is 11.8 Å². The SMILES string of the molecule is CNC(=O)CN(C)C(=O)C1CCC(N)C(C)C1. The minimum Gasteiger partial charge on any atom is -0.358 e. The van der Waals surface area contributed by atoms with Crippen LogP contribution in [-0.4, -0.2) is 43.4 Å². The molecule has 5 heteroatoms. The third-order valence-corrected chi connectivity index (χ3v) is 3.62. The summed E-state index contributed by atoms with van der Waals surface area (Å²) < 4.78 is 0. The van der Waals surface area contributed by atoms with Crippen LogP contribution in [0.15, 0.2) is 0 Å². The first-order valence-electron chi connectivity index (χ1n) is 6.16. The lowest BCUT2D eigenvalue weighted by atomic mass is 9.79. The molecule has 17 heavy (non-hydrogen) atoms. The second-order valence-corrected chi connectivity index (χ2v) is 5.02. The van der Waals surface area contributed by atoms with Gasteiger partial charge < -0.3 is 16.0 Å². The van der Waals surface area contributed by atoms with E-state index in [1.54, 1.807) is 14.1 Å². The van der Waals surface area contributed by atoms with E-state index in [2.05, 4.69) is 12.2 Å². The van der Waals surface area contributed by atoms with E-state index in [-0.39, 0.29) is 30.3 Å². The molecule has 1 saturated carbocycles. The van der Waals surface area contributed by atoms with Gasteiger partial charge in [-0.25, -0.2) is 0 Å². The van der Waals surface area contributed by atoms with Crippen molar-refractivity contribution in [3.05, 3.63) is 0 Å². The Kier molecular flexibility index (Phi) is 4.93. The maximum Gasteiger partial charge on any atom is 0.239 e. The van der Waals surface area contributed by atoms with Gasteiger partial charge in [0.25, 0.3) is 0 Å². The first-order valence-corrected chi connectivity index (χ1v) is 6.16. The normalized spacial score (nSPS) is 28.6. The quantitative estimate of drug-likeness (QED) is 0.727.